The maximum absolute atomic E-state index is 11.1. The van der Waals surface area contributed by atoms with Gasteiger partial charge in [-0.1, -0.05) is 0 Å². The molecule has 0 aliphatic heterocycles. The Morgan fingerprint density at radius 3 is 3.15 bits per heavy atom. The average Bonchev–Trinajstić information content (AvgIpc) is 2.54. The van der Waals surface area contributed by atoms with E-state index in [4.69, 9.17) is 10.5 Å². The normalized spacial score (nSPS) is 10.0. The highest BCUT2D eigenvalue weighted by Crippen LogP contribution is 1.99. The van der Waals surface area contributed by atoms with Gasteiger partial charge in [0.15, 0.2) is 0 Å². The molecule has 0 aliphatic carbocycles. The first-order valence-electron chi connectivity index (χ1n) is 4.19. The summed E-state index contributed by atoms with van der Waals surface area (Å²) in [5.41, 5.74) is 5.71. The number of nitrogens with zero attached hydrogens (tertiary/aromatic N) is 1. The summed E-state index contributed by atoms with van der Waals surface area (Å²) in [7, 11) is 0. The molecule has 5 heteroatoms. The fourth-order valence-electron chi connectivity index (χ4n) is 0.939. The number of imidazole rings is 1. The molecule has 5 nitrogen and oxygen atoms in total. The number of esters is 1. The second kappa shape index (κ2) is 4.61. The SMILES string of the molecule is CCOC(=O)c1cnc(CCN)[nH]1. The van der Waals surface area contributed by atoms with Gasteiger partial charge in [-0.15, -0.1) is 0 Å². The summed E-state index contributed by atoms with van der Waals surface area (Å²) >= 11 is 0. The number of hydrogen-bond acceptors (Lipinski definition) is 4. The van der Waals surface area contributed by atoms with Gasteiger partial charge in [-0.25, -0.2) is 9.78 Å². The second-order valence-electron chi connectivity index (χ2n) is 2.50. The van der Waals surface area contributed by atoms with Crippen LogP contribution in [0.3, 0.4) is 0 Å². The molecule has 1 aromatic rings. The van der Waals surface area contributed by atoms with Gasteiger partial charge in [-0.3, -0.25) is 0 Å². The zero-order valence-electron chi connectivity index (χ0n) is 7.54. The summed E-state index contributed by atoms with van der Waals surface area (Å²) in [6.07, 6.45) is 2.10. The number of hydrogen-bond donors (Lipinski definition) is 2. The van der Waals surface area contributed by atoms with Gasteiger partial charge in [0, 0.05) is 6.42 Å². The zero-order valence-corrected chi connectivity index (χ0v) is 7.54. The summed E-state index contributed by atoms with van der Waals surface area (Å²) in [4.78, 5) is 17.9. The van der Waals surface area contributed by atoms with Crippen LogP contribution in [0.5, 0.6) is 0 Å². The van der Waals surface area contributed by atoms with E-state index in [2.05, 4.69) is 9.97 Å². The Morgan fingerprint density at radius 1 is 1.77 bits per heavy atom. The summed E-state index contributed by atoms with van der Waals surface area (Å²) in [5, 5.41) is 0. The molecule has 0 unspecified atom stereocenters. The van der Waals surface area contributed by atoms with Crippen LogP contribution >= 0.6 is 0 Å². The Morgan fingerprint density at radius 2 is 2.54 bits per heavy atom. The van der Waals surface area contributed by atoms with E-state index in [1.54, 1.807) is 6.92 Å². The van der Waals surface area contributed by atoms with Crippen LogP contribution in [-0.4, -0.2) is 29.1 Å². The van der Waals surface area contributed by atoms with Crippen molar-refractivity contribution in [3.63, 3.8) is 0 Å². The van der Waals surface area contributed by atoms with E-state index < -0.39 is 0 Å². The number of rotatable bonds is 4. The molecule has 72 valence electrons. The molecule has 13 heavy (non-hydrogen) atoms. The standard InChI is InChI=1S/C8H13N3O2/c1-2-13-8(12)6-5-10-7(11-6)3-4-9/h5H,2-4,9H2,1H3,(H,10,11). The Hall–Kier alpha value is -1.36. The molecule has 1 aromatic heterocycles. The van der Waals surface area contributed by atoms with E-state index in [-0.39, 0.29) is 5.97 Å². The molecule has 0 saturated heterocycles. The maximum Gasteiger partial charge on any atom is 0.356 e. The Kier molecular flexibility index (Phi) is 3.45. The summed E-state index contributed by atoms with van der Waals surface area (Å²) < 4.78 is 4.78. The van der Waals surface area contributed by atoms with Gasteiger partial charge in [-0.05, 0) is 13.5 Å². The van der Waals surface area contributed by atoms with E-state index >= 15 is 0 Å². The first-order chi connectivity index (χ1) is 6.27. The fraction of sp³-hybridized carbons (Fsp3) is 0.500. The van der Waals surface area contributed by atoms with Crippen LogP contribution in [0.15, 0.2) is 6.20 Å². The molecule has 0 bridgehead atoms. The van der Waals surface area contributed by atoms with Crippen molar-refractivity contribution >= 4 is 5.97 Å². The highest BCUT2D eigenvalue weighted by molar-refractivity contribution is 5.86. The van der Waals surface area contributed by atoms with Crippen molar-refractivity contribution in [3.05, 3.63) is 17.7 Å². The number of aromatic nitrogens is 2. The van der Waals surface area contributed by atoms with Gasteiger partial charge >= 0.3 is 5.97 Å². The fourth-order valence-corrected chi connectivity index (χ4v) is 0.939. The molecule has 3 N–H and O–H groups in total. The Bertz CT molecular complexity index is 283. The maximum atomic E-state index is 11.1. The Balaban J connectivity index is 2.62. The van der Waals surface area contributed by atoms with E-state index in [0.29, 0.717) is 31.1 Å². The van der Waals surface area contributed by atoms with Crippen LogP contribution in [0.1, 0.15) is 23.2 Å². The third-order valence-corrected chi connectivity index (χ3v) is 1.50. The molecule has 1 heterocycles. The van der Waals surface area contributed by atoms with Crippen molar-refractivity contribution in [2.45, 2.75) is 13.3 Å². The average molecular weight is 183 g/mol. The number of H-pyrrole nitrogens is 1. The van der Waals surface area contributed by atoms with Gasteiger partial charge in [0.05, 0.1) is 12.8 Å². The predicted octanol–water partition coefficient (Wildman–Crippen LogP) is 0.0876. The number of carbonyl (C=O) groups is 1. The monoisotopic (exact) mass is 183 g/mol. The molecule has 1 rings (SSSR count). The summed E-state index contributed by atoms with van der Waals surface area (Å²) in [6, 6.07) is 0. The molecule has 0 radical (unpaired) electrons. The van der Waals surface area contributed by atoms with Gasteiger partial charge in [0.2, 0.25) is 0 Å². The highest BCUT2D eigenvalue weighted by Gasteiger charge is 2.09. The first kappa shape index (κ1) is 9.73. The minimum atomic E-state index is -0.377. The molecule has 0 amide bonds. The van der Waals surface area contributed by atoms with Gasteiger partial charge in [0.1, 0.15) is 11.5 Å². The molecule has 0 spiro atoms. The van der Waals surface area contributed by atoms with E-state index in [1.807, 2.05) is 0 Å². The molecule has 0 atom stereocenters. The van der Waals surface area contributed by atoms with Gasteiger partial charge in [0.25, 0.3) is 0 Å². The topological polar surface area (TPSA) is 81.0 Å². The molecular formula is C8H13N3O2. The van der Waals surface area contributed by atoms with Crippen molar-refractivity contribution in [1.29, 1.82) is 0 Å². The van der Waals surface area contributed by atoms with Gasteiger partial charge < -0.3 is 15.5 Å². The number of nitrogens with two attached hydrogens (primary N) is 1. The van der Waals surface area contributed by atoms with Crippen molar-refractivity contribution < 1.29 is 9.53 Å². The minimum Gasteiger partial charge on any atom is -0.461 e. The van der Waals surface area contributed by atoms with E-state index in [9.17, 15) is 4.79 Å². The highest BCUT2D eigenvalue weighted by atomic mass is 16.5. The van der Waals surface area contributed by atoms with Crippen molar-refractivity contribution in [3.8, 4) is 0 Å². The van der Waals surface area contributed by atoms with Crippen LogP contribution in [0, 0.1) is 0 Å². The third kappa shape index (κ3) is 2.55. The number of aromatic amines is 1. The second-order valence-corrected chi connectivity index (χ2v) is 2.50. The lowest BCUT2D eigenvalue weighted by Gasteiger charge is -1.96. The number of carbonyl (C=O) groups excluding carboxylic acids is 1. The smallest absolute Gasteiger partial charge is 0.356 e. The number of ether oxygens (including phenoxy) is 1. The van der Waals surface area contributed by atoms with E-state index in [0.717, 1.165) is 0 Å². The lowest BCUT2D eigenvalue weighted by atomic mass is 10.4. The molecule has 0 aromatic carbocycles. The van der Waals surface area contributed by atoms with Crippen LogP contribution < -0.4 is 5.73 Å². The van der Waals surface area contributed by atoms with Crippen LogP contribution in [-0.2, 0) is 11.2 Å². The summed E-state index contributed by atoms with van der Waals surface area (Å²) in [6.45, 7) is 2.63. The lowest BCUT2D eigenvalue weighted by Crippen LogP contribution is -2.06. The zero-order chi connectivity index (χ0) is 9.68. The number of nitrogens with one attached hydrogen (secondary N) is 1. The van der Waals surface area contributed by atoms with Crippen LogP contribution in [0.4, 0.5) is 0 Å². The van der Waals surface area contributed by atoms with Crippen molar-refractivity contribution in [1.82, 2.24) is 9.97 Å². The largest absolute Gasteiger partial charge is 0.461 e. The van der Waals surface area contributed by atoms with Crippen LogP contribution in [0.25, 0.3) is 0 Å². The van der Waals surface area contributed by atoms with Crippen molar-refractivity contribution in [2.75, 3.05) is 13.2 Å². The predicted molar refractivity (Wildman–Crippen MR) is 47.3 cm³/mol. The van der Waals surface area contributed by atoms with Crippen molar-refractivity contribution in [2.24, 2.45) is 5.73 Å². The molecular weight excluding hydrogens is 170 g/mol. The quantitative estimate of drug-likeness (QED) is 0.648. The molecule has 0 saturated carbocycles. The van der Waals surface area contributed by atoms with Gasteiger partial charge in [-0.2, -0.15) is 0 Å². The third-order valence-electron chi connectivity index (χ3n) is 1.50. The molecule has 0 aliphatic rings. The lowest BCUT2D eigenvalue weighted by molar-refractivity contribution is 0.0520. The first-order valence-corrected chi connectivity index (χ1v) is 4.19. The van der Waals surface area contributed by atoms with Crippen LogP contribution in [0.2, 0.25) is 0 Å². The minimum absolute atomic E-state index is 0.365. The summed E-state index contributed by atoms with van der Waals surface area (Å²) in [5.74, 6) is 0.337. The molecule has 0 fully saturated rings. The Labute approximate surface area is 76.3 Å². The van der Waals surface area contributed by atoms with E-state index in [1.165, 1.54) is 6.20 Å².